The van der Waals surface area contributed by atoms with Crippen molar-refractivity contribution in [2.24, 2.45) is 0 Å². The van der Waals surface area contributed by atoms with Crippen LogP contribution in [-0.2, 0) is 25.7 Å². The van der Waals surface area contributed by atoms with E-state index in [1.165, 1.54) is 7.11 Å². The maximum Gasteiger partial charge on any atom is 0.408 e. The van der Waals surface area contributed by atoms with Gasteiger partial charge in [-0.25, -0.2) is 9.59 Å². The average molecular weight is 278 g/mol. The van der Waals surface area contributed by atoms with Crippen LogP contribution in [0.2, 0.25) is 0 Å². The lowest BCUT2D eigenvalue weighted by Crippen LogP contribution is -2.72. The summed E-state index contributed by atoms with van der Waals surface area (Å²) in [5, 5.41) is 4.67. The maximum atomic E-state index is 11.6. The lowest BCUT2D eigenvalue weighted by molar-refractivity contribution is -0.152. The number of hydrogen-bond acceptors (Lipinski definition) is 5. The predicted octanol–water partition coefficient (Wildman–Crippen LogP) is -0.0472. The van der Waals surface area contributed by atoms with Crippen LogP contribution in [0.5, 0.6) is 0 Å². The van der Waals surface area contributed by atoms with Gasteiger partial charge in [0.1, 0.15) is 12.6 Å². The van der Waals surface area contributed by atoms with Crippen molar-refractivity contribution in [1.29, 1.82) is 0 Å². The number of alkyl carbamates (subject to hydrolysis) is 1. The highest BCUT2D eigenvalue weighted by atomic mass is 16.5. The second kappa shape index (κ2) is 6.05. The monoisotopic (exact) mass is 278 g/mol. The van der Waals surface area contributed by atoms with E-state index in [0.717, 1.165) is 5.56 Å². The van der Waals surface area contributed by atoms with Crippen molar-refractivity contribution < 1.29 is 23.9 Å². The summed E-state index contributed by atoms with van der Waals surface area (Å²) in [7, 11) is 1.21. The Bertz CT molecular complexity index is 517. The van der Waals surface area contributed by atoms with Crippen LogP contribution in [0.4, 0.5) is 4.79 Å². The fourth-order valence-corrected chi connectivity index (χ4v) is 1.74. The fraction of sp³-hybridized carbons (Fsp3) is 0.308. The zero-order valence-corrected chi connectivity index (χ0v) is 10.8. The maximum absolute atomic E-state index is 11.6. The van der Waals surface area contributed by atoms with E-state index in [9.17, 15) is 14.4 Å². The Morgan fingerprint density at radius 2 is 2.00 bits per heavy atom. The molecule has 2 amide bonds. The van der Waals surface area contributed by atoms with Crippen molar-refractivity contribution in [2.75, 3.05) is 7.11 Å². The molecule has 1 fully saturated rings. The van der Waals surface area contributed by atoms with Crippen molar-refractivity contribution in [3.8, 4) is 0 Å². The van der Waals surface area contributed by atoms with E-state index in [1.807, 2.05) is 18.2 Å². The number of methoxy groups -OCH3 is 1. The Morgan fingerprint density at radius 1 is 1.30 bits per heavy atom. The number of ether oxygens (including phenoxy) is 2. The minimum absolute atomic E-state index is 0.0872. The normalized spacial score (nSPS) is 20.4. The number of carbonyl (C=O) groups is 3. The molecule has 0 spiro atoms. The molecule has 1 saturated heterocycles. The van der Waals surface area contributed by atoms with Crippen LogP contribution in [0.3, 0.4) is 0 Å². The number of amides is 2. The van der Waals surface area contributed by atoms with E-state index < -0.39 is 30.1 Å². The van der Waals surface area contributed by atoms with Crippen LogP contribution in [0.15, 0.2) is 30.3 Å². The van der Waals surface area contributed by atoms with Crippen LogP contribution in [0.25, 0.3) is 0 Å². The van der Waals surface area contributed by atoms with Crippen LogP contribution < -0.4 is 10.6 Å². The number of benzene rings is 1. The van der Waals surface area contributed by atoms with Gasteiger partial charge in [-0.1, -0.05) is 30.3 Å². The van der Waals surface area contributed by atoms with Crippen LogP contribution in [-0.4, -0.2) is 37.2 Å². The number of rotatable bonds is 4. The molecule has 106 valence electrons. The van der Waals surface area contributed by atoms with Gasteiger partial charge in [-0.3, -0.25) is 4.79 Å². The van der Waals surface area contributed by atoms with Crippen LogP contribution in [0, 0.1) is 0 Å². The summed E-state index contributed by atoms with van der Waals surface area (Å²) in [6.45, 7) is 0.0872. The fourth-order valence-electron chi connectivity index (χ4n) is 1.74. The number of carbonyl (C=O) groups excluding carboxylic acids is 3. The van der Waals surface area contributed by atoms with Crippen LogP contribution in [0.1, 0.15) is 5.56 Å². The molecule has 0 saturated carbocycles. The molecule has 1 aliphatic heterocycles. The highest BCUT2D eigenvalue weighted by Crippen LogP contribution is 2.09. The van der Waals surface area contributed by atoms with Crippen molar-refractivity contribution in [3.05, 3.63) is 35.9 Å². The highest BCUT2D eigenvalue weighted by Gasteiger charge is 2.46. The molecule has 0 bridgehead atoms. The van der Waals surface area contributed by atoms with Gasteiger partial charge >= 0.3 is 12.1 Å². The van der Waals surface area contributed by atoms with Gasteiger partial charge < -0.3 is 20.1 Å². The van der Waals surface area contributed by atoms with Crippen molar-refractivity contribution in [3.63, 3.8) is 0 Å². The first-order valence-corrected chi connectivity index (χ1v) is 5.97. The first-order valence-electron chi connectivity index (χ1n) is 5.97. The number of β-lactam (4-membered cyclic amide) rings is 1. The molecule has 20 heavy (non-hydrogen) atoms. The molecule has 7 nitrogen and oxygen atoms in total. The van der Waals surface area contributed by atoms with Gasteiger partial charge in [0.25, 0.3) is 0 Å². The van der Waals surface area contributed by atoms with Crippen molar-refractivity contribution in [1.82, 2.24) is 10.6 Å². The zero-order chi connectivity index (χ0) is 14.5. The summed E-state index contributed by atoms with van der Waals surface area (Å²) in [6, 6.07) is 7.29. The molecular formula is C13H14N2O5. The van der Waals surface area contributed by atoms with Gasteiger partial charge in [-0.15, -0.1) is 0 Å². The molecule has 1 aromatic carbocycles. The van der Waals surface area contributed by atoms with Gasteiger partial charge in [0.05, 0.1) is 7.11 Å². The Labute approximate surface area is 115 Å². The summed E-state index contributed by atoms with van der Waals surface area (Å²) >= 11 is 0. The average Bonchev–Trinajstić information content (AvgIpc) is 2.48. The number of hydrogen-bond donors (Lipinski definition) is 2. The van der Waals surface area contributed by atoms with Crippen molar-refractivity contribution in [2.45, 2.75) is 18.7 Å². The third-order valence-corrected chi connectivity index (χ3v) is 2.85. The molecule has 0 aromatic heterocycles. The van der Waals surface area contributed by atoms with E-state index in [4.69, 9.17) is 4.74 Å². The molecule has 7 heteroatoms. The minimum Gasteiger partial charge on any atom is -0.467 e. The first-order chi connectivity index (χ1) is 9.61. The molecular weight excluding hydrogens is 264 g/mol. The number of esters is 1. The van der Waals surface area contributed by atoms with E-state index in [2.05, 4.69) is 15.4 Å². The Kier molecular flexibility index (Phi) is 4.19. The smallest absolute Gasteiger partial charge is 0.408 e. The lowest BCUT2D eigenvalue weighted by atomic mass is 9.99. The first kappa shape index (κ1) is 13.9. The molecule has 1 aliphatic rings. The standard InChI is InChI=1S/C13H14N2O5/c1-19-12(17)10-9(11(16)14-10)15-13(18)20-7-8-5-3-2-4-6-8/h2-6,9-10H,7H2,1H3,(H,14,16)(H,15,18)/t9-,10-/m0/s1. The molecule has 1 heterocycles. The second-order valence-corrected chi connectivity index (χ2v) is 4.19. The quantitative estimate of drug-likeness (QED) is 0.595. The molecule has 2 rings (SSSR count). The lowest BCUT2D eigenvalue weighted by Gasteiger charge is -2.34. The third-order valence-electron chi connectivity index (χ3n) is 2.85. The summed E-state index contributed by atoms with van der Waals surface area (Å²) in [4.78, 5) is 34.1. The summed E-state index contributed by atoms with van der Waals surface area (Å²) in [5.41, 5.74) is 0.824. The molecule has 1 aromatic rings. The van der Waals surface area contributed by atoms with Gasteiger partial charge in [-0.05, 0) is 5.56 Å². The summed E-state index contributed by atoms with van der Waals surface area (Å²) < 4.78 is 9.46. The Hall–Kier alpha value is -2.57. The third kappa shape index (κ3) is 3.05. The molecule has 2 N–H and O–H groups in total. The molecule has 2 atom stereocenters. The van der Waals surface area contributed by atoms with Crippen LogP contribution >= 0.6 is 0 Å². The Morgan fingerprint density at radius 3 is 2.60 bits per heavy atom. The summed E-state index contributed by atoms with van der Waals surface area (Å²) in [5.74, 6) is -1.06. The summed E-state index contributed by atoms with van der Waals surface area (Å²) in [6.07, 6.45) is -0.761. The SMILES string of the molecule is COC(=O)[C@H]1NC(=O)[C@H]1NC(=O)OCc1ccccc1. The van der Waals surface area contributed by atoms with Gasteiger partial charge in [0.2, 0.25) is 5.91 Å². The highest BCUT2D eigenvalue weighted by molar-refractivity contribution is 6.01. The largest absolute Gasteiger partial charge is 0.467 e. The zero-order valence-electron chi connectivity index (χ0n) is 10.8. The van der Waals surface area contributed by atoms with E-state index >= 15 is 0 Å². The number of nitrogens with one attached hydrogen (secondary N) is 2. The minimum atomic E-state index is -0.953. The predicted molar refractivity (Wildman–Crippen MR) is 67.5 cm³/mol. The molecule has 0 unspecified atom stereocenters. The van der Waals surface area contributed by atoms with E-state index in [-0.39, 0.29) is 6.61 Å². The van der Waals surface area contributed by atoms with Gasteiger partial charge in [0, 0.05) is 0 Å². The van der Waals surface area contributed by atoms with E-state index in [1.54, 1.807) is 12.1 Å². The van der Waals surface area contributed by atoms with Crippen molar-refractivity contribution >= 4 is 18.0 Å². The molecule has 0 radical (unpaired) electrons. The second-order valence-electron chi connectivity index (χ2n) is 4.19. The van der Waals surface area contributed by atoms with Gasteiger partial charge in [0.15, 0.2) is 6.04 Å². The molecule has 0 aliphatic carbocycles. The van der Waals surface area contributed by atoms with E-state index in [0.29, 0.717) is 0 Å². The van der Waals surface area contributed by atoms with Gasteiger partial charge in [-0.2, -0.15) is 0 Å². The topological polar surface area (TPSA) is 93.7 Å². The Balaban J connectivity index is 1.82.